The lowest BCUT2D eigenvalue weighted by molar-refractivity contribution is -0.137. The number of aliphatic hydroxyl groups is 1. The van der Waals surface area contributed by atoms with Crippen LogP contribution in [0.5, 0.6) is 0 Å². The van der Waals surface area contributed by atoms with Gasteiger partial charge in [-0.25, -0.2) is 0 Å². The summed E-state index contributed by atoms with van der Waals surface area (Å²) in [5.41, 5.74) is -2.33. The molecule has 1 aliphatic rings. The van der Waals surface area contributed by atoms with Crippen LogP contribution in [0.25, 0.3) is 11.4 Å². The molecule has 1 aliphatic heterocycles. The number of nitrogens with zero attached hydrogens (tertiary/aromatic N) is 2. The van der Waals surface area contributed by atoms with E-state index in [1.165, 1.54) is 18.2 Å². The highest BCUT2D eigenvalue weighted by Crippen LogP contribution is 2.36. The molecule has 0 aliphatic carbocycles. The lowest BCUT2D eigenvalue weighted by Gasteiger charge is -2.14. The maximum Gasteiger partial charge on any atom is 0.417 e. The number of nitrogens with one attached hydrogen (secondary N) is 1. The van der Waals surface area contributed by atoms with Crippen LogP contribution in [0, 0.1) is 0 Å². The third-order valence-electron chi connectivity index (χ3n) is 3.43. The van der Waals surface area contributed by atoms with Gasteiger partial charge in [-0.1, -0.05) is 23.4 Å². The maximum absolute atomic E-state index is 13.0. The fraction of sp³-hybridized carbons (Fsp3) is 0.385. The van der Waals surface area contributed by atoms with Gasteiger partial charge >= 0.3 is 6.18 Å². The third-order valence-corrected chi connectivity index (χ3v) is 3.43. The van der Waals surface area contributed by atoms with Crippen molar-refractivity contribution in [2.45, 2.75) is 18.2 Å². The molecule has 112 valence electrons. The molecule has 0 saturated carbocycles. The van der Waals surface area contributed by atoms with Crippen molar-refractivity contribution in [1.29, 1.82) is 0 Å². The summed E-state index contributed by atoms with van der Waals surface area (Å²) in [6.45, 7) is 0.808. The average molecular weight is 299 g/mol. The molecule has 0 amide bonds. The van der Waals surface area contributed by atoms with E-state index in [0.29, 0.717) is 13.0 Å². The SMILES string of the molecule is OC1(c2nc(-c3ccccc3C(F)(F)F)no2)CCNC1. The van der Waals surface area contributed by atoms with Gasteiger partial charge in [0.05, 0.1) is 5.56 Å². The van der Waals surface area contributed by atoms with E-state index in [-0.39, 0.29) is 23.8 Å². The Labute approximate surface area is 117 Å². The Kier molecular flexibility index (Phi) is 3.22. The Balaban J connectivity index is 2.01. The van der Waals surface area contributed by atoms with Crippen LogP contribution in [0.15, 0.2) is 28.8 Å². The van der Waals surface area contributed by atoms with E-state index in [1.807, 2.05) is 0 Å². The Morgan fingerprint density at radius 2 is 2.05 bits per heavy atom. The van der Waals surface area contributed by atoms with Crippen LogP contribution in [0.3, 0.4) is 0 Å². The number of hydrogen-bond acceptors (Lipinski definition) is 5. The molecular formula is C13H12F3N3O2. The second-order valence-corrected chi connectivity index (χ2v) is 4.92. The lowest BCUT2D eigenvalue weighted by Crippen LogP contribution is -2.28. The summed E-state index contributed by atoms with van der Waals surface area (Å²) in [5, 5.41) is 16.8. The van der Waals surface area contributed by atoms with E-state index in [1.54, 1.807) is 0 Å². The van der Waals surface area contributed by atoms with E-state index in [4.69, 9.17) is 4.52 Å². The number of β-amino-alcohol motifs (C(OH)–C–C–N with tert-alkyl or cyclic N) is 1. The predicted octanol–water partition coefficient (Wildman–Crippen LogP) is 1.94. The van der Waals surface area contributed by atoms with Gasteiger partial charge in [-0.2, -0.15) is 18.2 Å². The Hall–Kier alpha value is -1.93. The number of benzene rings is 1. The maximum atomic E-state index is 13.0. The first kappa shape index (κ1) is 14.0. The highest BCUT2D eigenvalue weighted by atomic mass is 19.4. The normalized spacial score (nSPS) is 22.7. The summed E-state index contributed by atoms with van der Waals surface area (Å²) in [6.07, 6.45) is -4.14. The Morgan fingerprint density at radius 1 is 1.29 bits per heavy atom. The summed E-state index contributed by atoms with van der Waals surface area (Å²) in [4.78, 5) is 3.94. The van der Waals surface area contributed by atoms with Crippen LogP contribution in [-0.4, -0.2) is 28.3 Å². The van der Waals surface area contributed by atoms with Gasteiger partial charge in [-0.05, 0) is 19.0 Å². The van der Waals surface area contributed by atoms with Crippen molar-refractivity contribution < 1.29 is 22.8 Å². The number of hydrogen-bond donors (Lipinski definition) is 2. The van der Waals surface area contributed by atoms with E-state index in [2.05, 4.69) is 15.5 Å². The molecule has 1 saturated heterocycles. The molecule has 2 N–H and O–H groups in total. The zero-order chi connectivity index (χ0) is 15.1. The van der Waals surface area contributed by atoms with E-state index < -0.39 is 17.3 Å². The van der Waals surface area contributed by atoms with Gasteiger partial charge in [-0.15, -0.1) is 0 Å². The molecule has 1 aromatic heterocycles. The molecule has 3 rings (SSSR count). The molecule has 0 radical (unpaired) electrons. The van der Waals surface area contributed by atoms with Crippen LogP contribution in [0.4, 0.5) is 13.2 Å². The standard InChI is InChI=1S/C13H12F3N3O2/c14-13(15,16)9-4-2-1-3-8(9)10-18-11(21-19-10)12(20)5-6-17-7-12/h1-4,17,20H,5-7H2. The molecular weight excluding hydrogens is 287 g/mol. The zero-order valence-corrected chi connectivity index (χ0v) is 10.8. The molecule has 21 heavy (non-hydrogen) atoms. The molecule has 2 heterocycles. The minimum atomic E-state index is -4.51. The van der Waals surface area contributed by atoms with Gasteiger partial charge < -0.3 is 14.9 Å². The minimum absolute atomic E-state index is 0.0699. The van der Waals surface area contributed by atoms with Crippen LogP contribution in [-0.2, 0) is 11.8 Å². The van der Waals surface area contributed by atoms with Gasteiger partial charge in [0.1, 0.15) is 0 Å². The molecule has 0 spiro atoms. The third kappa shape index (κ3) is 2.52. The van der Waals surface area contributed by atoms with Crippen LogP contribution in [0.2, 0.25) is 0 Å². The van der Waals surface area contributed by atoms with Gasteiger partial charge in [0, 0.05) is 12.1 Å². The smallest absolute Gasteiger partial charge is 0.379 e. The lowest BCUT2D eigenvalue weighted by atomic mass is 10.0. The molecule has 5 nitrogen and oxygen atoms in total. The van der Waals surface area contributed by atoms with Crippen molar-refractivity contribution in [3.63, 3.8) is 0 Å². The molecule has 1 unspecified atom stereocenters. The first-order valence-electron chi connectivity index (χ1n) is 6.34. The van der Waals surface area contributed by atoms with E-state index in [9.17, 15) is 18.3 Å². The van der Waals surface area contributed by atoms with Crippen molar-refractivity contribution >= 4 is 0 Å². The van der Waals surface area contributed by atoms with Crippen molar-refractivity contribution in [2.75, 3.05) is 13.1 Å². The summed E-state index contributed by atoms with van der Waals surface area (Å²) in [5.74, 6) is -0.252. The molecule has 8 heteroatoms. The summed E-state index contributed by atoms with van der Waals surface area (Å²) in [7, 11) is 0. The van der Waals surface area contributed by atoms with Crippen LogP contribution >= 0.6 is 0 Å². The Bertz CT molecular complexity index is 648. The largest absolute Gasteiger partial charge is 0.417 e. The quantitative estimate of drug-likeness (QED) is 0.886. The number of halogens is 3. The van der Waals surface area contributed by atoms with Gasteiger partial charge in [0.25, 0.3) is 5.89 Å². The second kappa shape index (κ2) is 4.81. The fourth-order valence-corrected chi connectivity index (χ4v) is 2.31. The number of aromatic nitrogens is 2. The summed E-state index contributed by atoms with van der Waals surface area (Å²) < 4.78 is 43.9. The highest BCUT2D eigenvalue weighted by Gasteiger charge is 2.40. The second-order valence-electron chi connectivity index (χ2n) is 4.92. The van der Waals surface area contributed by atoms with Crippen molar-refractivity contribution in [2.24, 2.45) is 0 Å². The number of rotatable bonds is 2. The first-order chi connectivity index (χ1) is 9.90. The average Bonchev–Trinajstić information content (AvgIpc) is 3.07. The molecule has 1 atom stereocenters. The fourth-order valence-electron chi connectivity index (χ4n) is 2.31. The van der Waals surface area contributed by atoms with Gasteiger partial charge in [0.2, 0.25) is 5.82 Å². The monoisotopic (exact) mass is 299 g/mol. The van der Waals surface area contributed by atoms with Gasteiger partial charge in [-0.3, -0.25) is 0 Å². The topological polar surface area (TPSA) is 71.2 Å². The molecule has 1 aromatic carbocycles. The Morgan fingerprint density at radius 3 is 2.71 bits per heavy atom. The number of alkyl halides is 3. The minimum Gasteiger partial charge on any atom is -0.379 e. The van der Waals surface area contributed by atoms with Crippen molar-refractivity contribution in [1.82, 2.24) is 15.5 Å². The first-order valence-corrected chi connectivity index (χ1v) is 6.34. The summed E-state index contributed by atoms with van der Waals surface area (Å²) in [6, 6.07) is 4.99. The zero-order valence-electron chi connectivity index (χ0n) is 10.8. The molecule has 0 bridgehead atoms. The molecule has 2 aromatic rings. The van der Waals surface area contributed by atoms with Crippen LogP contribution < -0.4 is 5.32 Å². The van der Waals surface area contributed by atoms with Crippen molar-refractivity contribution in [3.05, 3.63) is 35.7 Å². The highest BCUT2D eigenvalue weighted by molar-refractivity contribution is 5.60. The summed E-state index contributed by atoms with van der Waals surface area (Å²) >= 11 is 0. The van der Waals surface area contributed by atoms with E-state index in [0.717, 1.165) is 6.07 Å². The van der Waals surface area contributed by atoms with Gasteiger partial charge in [0.15, 0.2) is 5.60 Å². The molecule has 1 fully saturated rings. The van der Waals surface area contributed by atoms with Crippen LogP contribution in [0.1, 0.15) is 17.9 Å². The van der Waals surface area contributed by atoms with Crippen molar-refractivity contribution in [3.8, 4) is 11.4 Å². The predicted molar refractivity (Wildman–Crippen MR) is 66.1 cm³/mol. The van der Waals surface area contributed by atoms with E-state index >= 15 is 0 Å².